The normalized spacial score (nSPS) is 15.6. The van der Waals surface area contributed by atoms with Crippen molar-refractivity contribution in [1.82, 2.24) is 4.90 Å². The van der Waals surface area contributed by atoms with Crippen LogP contribution in [0.15, 0.2) is 12.1 Å². The summed E-state index contributed by atoms with van der Waals surface area (Å²) >= 11 is 0. The quantitative estimate of drug-likeness (QED) is 0.808. The second-order valence-corrected chi connectivity index (χ2v) is 5.90. The topological polar surface area (TPSA) is 48.0 Å². The zero-order chi connectivity index (χ0) is 16.8. The fourth-order valence-corrected chi connectivity index (χ4v) is 2.98. The fraction of sp³-hybridized carbons (Fsp3) is 0.611. The van der Waals surface area contributed by atoms with Crippen molar-refractivity contribution >= 4 is 5.91 Å². The van der Waals surface area contributed by atoms with Gasteiger partial charge in [0.2, 0.25) is 0 Å². The predicted molar refractivity (Wildman–Crippen MR) is 89.4 cm³/mol. The van der Waals surface area contributed by atoms with Gasteiger partial charge in [0, 0.05) is 37.4 Å². The van der Waals surface area contributed by atoms with Crippen molar-refractivity contribution in [2.24, 2.45) is 5.92 Å². The van der Waals surface area contributed by atoms with E-state index in [1.165, 1.54) is 0 Å². The Morgan fingerprint density at radius 3 is 2.22 bits per heavy atom. The Balaban J connectivity index is 2.06. The van der Waals surface area contributed by atoms with E-state index in [1.54, 1.807) is 26.4 Å². The van der Waals surface area contributed by atoms with Crippen LogP contribution >= 0.6 is 0 Å². The molecule has 0 spiro atoms. The summed E-state index contributed by atoms with van der Waals surface area (Å²) in [5.74, 6) is 1.95. The van der Waals surface area contributed by atoms with E-state index < -0.39 is 0 Å². The van der Waals surface area contributed by atoms with Gasteiger partial charge in [-0.05, 0) is 44.7 Å². The van der Waals surface area contributed by atoms with Gasteiger partial charge in [-0.25, -0.2) is 0 Å². The zero-order valence-electron chi connectivity index (χ0n) is 14.6. The highest BCUT2D eigenvalue weighted by Crippen LogP contribution is 2.30. The molecule has 0 radical (unpaired) electrons. The summed E-state index contributed by atoms with van der Waals surface area (Å²) in [4.78, 5) is 14.7. The number of ether oxygens (including phenoxy) is 3. The molecule has 128 valence electrons. The van der Waals surface area contributed by atoms with Crippen LogP contribution in [0.2, 0.25) is 0 Å². The Kier molecular flexibility index (Phi) is 6.28. The molecule has 5 nitrogen and oxygen atoms in total. The fourth-order valence-electron chi connectivity index (χ4n) is 2.98. The van der Waals surface area contributed by atoms with E-state index in [0.717, 1.165) is 44.7 Å². The number of hydrogen-bond acceptors (Lipinski definition) is 4. The lowest BCUT2D eigenvalue weighted by atomic mass is 9.97. The third-order valence-corrected chi connectivity index (χ3v) is 4.46. The number of methoxy groups -OCH3 is 2. The number of nitrogens with zero attached hydrogens (tertiary/aromatic N) is 1. The molecule has 1 aromatic rings. The minimum Gasteiger partial charge on any atom is -0.496 e. The van der Waals surface area contributed by atoms with Crippen LogP contribution in [0, 0.1) is 12.8 Å². The number of benzene rings is 1. The molecule has 1 aliphatic heterocycles. The van der Waals surface area contributed by atoms with Crippen molar-refractivity contribution in [3.05, 3.63) is 23.3 Å². The predicted octanol–water partition coefficient (Wildman–Crippen LogP) is 2.90. The Morgan fingerprint density at radius 1 is 1.17 bits per heavy atom. The molecule has 0 N–H and O–H groups in total. The van der Waals surface area contributed by atoms with Crippen molar-refractivity contribution < 1.29 is 19.0 Å². The SMILES string of the molecule is CCOCC1CCN(C(=O)c2cc(OC)c(C)c(OC)c2)CC1. The number of likely N-dealkylation sites (tertiary alicyclic amines) is 1. The van der Waals surface area contributed by atoms with Crippen molar-refractivity contribution in [1.29, 1.82) is 0 Å². The van der Waals surface area contributed by atoms with Crippen molar-refractivity contribution in [2.75, 3.05) is 40.5 Å². The van der Waals surface area contributed by atoms with Gasteiger partial charge in [-0.1, -0.05) is 0 Å². The maximum absolute atomic E-state index is 12.8. The van der Waals surface area contributed by atoms with E-state index in [2.05, 4.69) is 0 Å². The monoisotopic (exact) mass is 321 g/mol. The summed E-state index contributed by atoms with van der Waals surface area (Å²) in [7, 11) is 3.21. The molecule has 0 saturated carbocycles. The lowest BCUT2D eigenvalue weighted by molar-refractivity contribution is 0.0550. The molecule has 23 heavy (non-hydrogen) atoms. The Hall–Kier alpha value is -1.75. The van der Waals surface area contributed by atoms with Gasteiger partial charge in [0.15, 0.2) is 0 Å². The number of piperidine rings is 1. The summed E-state index contributed by atoms with van der Waals surface area (Å²) < 4.78 is 16.2. The van der Waals surface area contributed by atoms with E-state index in [9.17, 15) is 4.79 Å². The van der Waals surface area contributed by atoms with Gasteiger partial charge < -0.3 is 19.1 Å². The van der Waals surface area contributed by atoms with E-state index in [4.69, 9.17) is 14.2 Å². The standard InChI is InChI=1S/C18H27NO4/c1-5-23-12-14-6-8-19(9-7-14)18(20)15-10-16(21-3)13(2)17(11-15)22-4/h10-11,14H,5-9,12H2,1-4H3. The van der Waals surface area contributed by atoms with Crippen LogP contribution < -0.4 is 9.47 Å². The van der Waals surface area contributed by atoms with Crippen LogP contribution in [0.4, 0.5) is 0 Å². The van der Waals surface area contributed by atoms with Crippen molar-refractivity contribution in [3.8, 4) is 11.5 Å². The number of carbonyl (C=O) groups excluding carboxylic acids is 1. The maximum Gasteiger partial charge on any atom is 0.254 e. The van der Waals surface area contributed by atoms with Gasteiger partial charge >= 0.3 is 0 Å². The molecular weight excluding hydrogens is 294 g/mol. The van der Waals surface area contributed by atoms with E-state index in [1.807, 2.05) is 18.7 Å². The van der Waals surface area contributed by atoms with E-state index in [0.29, 0.717) is 23.0 Å². The summed E-state index contributed by atoms with van der Waals surface area (Å²) in [6, 6.07) is 3.60. The third kappa shape index (κ3) is 4.16. The second kappa shape index (κ2) is 8.20. The van der Waals surface area contributed by atoms with E-state index >= 15 is 0 Å². The molecule has 1 heterocycles. The molecule has 1 aromatic carbocycles. The highest BCUT2D eigenvalue weighted by molar-refractivity contribution is 5.95. The molecule has 2 rings (SSSR count). The van der Waals surface area contributed by atoms with Crippen LogP contribution in [0.25, 0.3) is 0 Å². The average molecular weight is 321 g/mol. The lowest BCUT2D eigenvalue weighted by Gasteiger charge is -2.32. The highest BCUT2D eigenvalue weighted by atomic mass is 16.5. The van der Waals surface area contributed by atoms with Crippen LogP contribution in [0.5, 0.6) is 11.5 Å². The van der Waals surface area contributed by atoms with Gasteiger partial charge in [0.05, 0.1) is 14.2 Å². The molecule has 0 unspecified atom stereocenters. The second-order valence-electron chi connectivity index (χ2n) is 5.90. The summed E-state index contributed by atoms with van der Waals surface area (Å²) in [5.41, 5.74) is 1.52. The molecule has 1 aliphatic rings. The molecule has 5 heteroatoms. The molecule has 1 amide bonds. The Bertz CT molecular complexity index is 511. The summed E-state index contributed by atoms with van der Waals surface area (Å²) in [6.07, 6.45) is 1.98. The summed E-state index contributed by atoms with van der Waals surface area (Å²) in [5, 5.41) is 0. The van der Waals surface area contributed by atoms with Gasteiger partial charge in [0.25, 0.3) is 5.91 Å². The smallest absolute Gasteiger partial charge is 0.254 e. The van der Waals surface area contributed by atoms with Gasteiger partial charge in [-0.3, -0.25) is 4.79 Å². The number of amides is 1. The minimum atomic E-state index is 0.0384. The number of carbonyl (C=O) groups is 1. The average Bonchev–Trinajstić information content (AvgIpc) is 2.60. The zero-order valence-corrected chi connectivity index (χ0v) is 14.6. The first-order valence-electron chi connectivity index (χ1n) is 8.20. The van der Waals surface area contributed by atoms with Crippen LogP contribution in [-0.2, 0) is 4.74 Å². The van der Waals surface area contributed by atoms with E-state index in [-0.39, 0.29) is 5.91 Å². The van der Waals surface area contributed by atoms with Crippen LogP contribution in [0.3, 0.4) is 0 Å². The van der Waals surface area contributed by atoms with Crippen LogP contribution in [0.1, 0.15) is 35.7 Å². The molecule has 0 aliphatic carbocycles. The minimum absolute atomic E-state index is 0.0384. The van der Waals surface area contributed by atoms with Crippen LogP contribution in [-0.4, -0.2) is 51.3 Å². The van der Waals surface area contributed by atoms with Gasteiger partial charge in [-0.15, -0.1) is 0 Å². The summed E-state index contributed by atoms with van der Waals surface area (Å²) in [6.45, 7) is 7.03. The molecule has 0 aromatic heterocycles. The molecule has 0 atom stereocenters. The number of hydrogen-bond donors (Lipinski definition) is 0. The highest BCUT2D eigenvalue weighted by Gasteiger charge is 2.25. The first kappa shape index (κ1) is 17.6. The van der Waals surface area contributed by atoms with Crippen molar-refractivity contribution in [3.63, 3.8) is 0 Å². The molecule has 0 bridgehead atoms. The number of rotatable bonds is 6. The van der Waals surface area contributed by atoms with Crippen molar-refractivity contribution in [2.45, 2.75) is 26.7 Å². The third-order valence-electron chi connectivity index (χ3n) is 4.46. The maximum atomic E-state index is 12.8. The molecule has 1 saturated heterocycles. The largest absolute Gasteiger partial charge is 0.496 e. The van der Waals surface area contributed by atoms with Gasteiger partial charge in [0.1, 0.15) is 11.5 Å². The Labute approximate surface area is 138 Å². The molecule has 1 fully saturated rings. The van der Waals surface area contributed by atoms with Gasteiger partial charge in [-0.2, -0.15) is 0 Å². The Morgan fingerprint density at radius 2 is 1.74 bits per heavy atom. The molecular formula is C18H27NO4. The lowest BCUT2D eigenvalue weighted by Crippen LogP contribution is -2.39. The first-order chi connectivity index (χ1) is 11.1. The first-order valence-corrected chi connectivity index (χ1v) is 8.20.